The van der Waals surface area contributed by atoms with Crippen LogP contribution in [-0.4, -0.2) is 37.0 Å². The fourth-order valence-electron chi connectivity index (χ4n) is 3.88. The lowest BCUT2D eigenvalue weighted by Crippen LogP contribution is -2.54. The first kappa shape index (κ1) is 28.5. The van der Waals surface area contributed by atoms with Crippen LogP contribution >= 0.6 is 15.9 Å². The molecule has 4 rings (SSSR count). The second-order valence-electron chi connectivity index (χ2n) is 8.81. The van der Waals surface area contributed by atoms with Crippen molar-refractivity contribution in [2.45, 2.75) is 20.8 Å². The van der Waals surface area contributed by atoms with Gasteiger partial charge in [0.1, 0.15) is 11.4 Å². The molecule has 11 heteroatoms. The molecule has 40 heavy (non-hydrogen) atoms. The van der Waals surface area contributed by atoms with Crippen molar-refractivity contribution in [3.8, 4) is 11.5 Å². The van der Waals surface area contributed by atoms with E-state index in [1.54, 1.807) is 37.3 Å². The predicted molar refractivity (Wildman–Crippen MR) is 151 cm³/mol. The lowest BCUT2D eigenvalue weighted by Gasteiger charge is -2.27. The number of rotatable bonds is 8. The summed E-state index contributed by atoms with van der Waals surface area (Å²) >= 11 is 3.39. The van der Waals surface area contributed by atoms with E-state index in [9.17, 15) is 23.6 Å². The van der Waals surface area contributed by atoms with Crippen molar-refractivity contribution in [2.24, 2.45) is 0 Å². The number of halogens is 2. The zero-order chi connectivity index (χ0) is 29.0. The number of benzene rings is 3. The second-order valence-corrected chi connectivity index (χ2v) is 9.66. The molecule has 3 aromatic rings. The number of hydrogen-bond donors (Lipinski definition) is 2. The van der Waals surface area contributed by atoms with Crippen LogP contribution in [0, 0.1) is 19.7 Å². The van der Waals surface area contributed by atoms with Crippen molar-refractivity contribution in [3.63, 3.8) is 0 Å². The van der Waals surface area contributed by atoms with E-state index >= 15 is 0 Å². The van der Waals surface area contributed by atoms with Crippen LogP contribution in [0.3, 0.4) is 0 Å². The van der Waals surface area contributed by atoms with E-state index in [-0.39, 0.29) is 29.4 Å². The van der Waals surface area contributed by atoms with Crippen LogP contribution in [0.2, 0.25) is 0 Å². The van der Waals surface area contributed by atoms with Gasteiger partial charge in [-0.3, -0.25) is 19.7 Å². The number of amides is 5. The van der Waals surface area contributed by atoms with Crippen LogP contribution in [0.4, 0.5) is 20.6 Å². The molecule has 0 aliphatic carbocycles. The van der Waals surface area contributed by atoms with Crippen molar-refractivity contribution in [2.75, 3.05) is 23.4 Å². The number of urea groups is 1. The predicted octanol–water partition coefficient (Wildman–Crippen LogP) is 5.29. The van der Waals surface area contributed by atoms with Gasteiger partial charge in [0.25, 0.3) is 17.7 Å². The monoisotopic (exact) mass is 609 g/mol. The summed E-state index contributed by atoms with van der Waals surface area (Å²) in [6.07, 6.45) is 1.33. The maximum atomic E-state index is 13.8. The molecule has 0 unspecified atom stereocenters. The molecule has 0 spiro atoms. The molecular formula is C29H25BrFN3O6. The number of barbiturate groups is 1. The van der Waals surface area contributed by atoms with Gasteiger partial charge in [0.15, 0.2) is 18.1 Å². The van der Waals surface area contributed by atoms with Gasteiger partial charge < -0.3 is 14.8 Å². The fraction of sp³-hybridized carbons (Fsp3) is 0.172. The molecule has 2 N–H and O–H groups in total. The Hall–Kier alpha value is -4.51. The Kier molecular flexibility index (Phi) is 8.64. The number of aryl methyl sites for hydroxylation is 2. The minimum absolute atomic E-state index is 0.0194. The molecule has 206 valence electrons. The third-order valence-corrected chi connectivity index (χ3v) is 6.58. The first-order valence-corrected chi connectivity index (χ1v) is 13.0. The van der Waals surface area contributed by atoms with Crippen LogP contribution in [0.5, 0.6) is 11.5 Å². The number of anilines is 2. The number of ether oxygens (including phenoxy) is 2. The van der Waals surface area contributed by atoms with Gasteiger partial charge in [-0.25, -0.2) is 14.1 Å². The topological polar surface area (TPSA) is 114 Å². The van der Waals surface area contributed by atoms with Crippen LogP contribution in [0.1, 0.15) is 23.6 Å². The minimum Gasteiger partial charge on any atom is -0.490 e. The summed E-state index contributed by atoms with van der Waals surface area (Å²) in [7, 11) is 0. The van der Waals surface area contributed by atoms with Crippen molar-refractivity contribution in [1.29, 1.82) is 0 Å². The van der Waals surface area contributed by atoms with E-state index < -0.39 is 36.2 Å². The summed E-state index contributed by atoms with van der Waals surface area (Å²) in [6.45, 7) is 5.31. The number of hydrogen-bond acceptors (Lipinski definition) is 6. The van der Waals surface area contributed by atoms with E-state index in [1.807, 2.05) is 13.8 Å². The number of carbonyl (C=O) groups is 4. The lowest BCUT2D eigenvalue weighted by molar-refractivity contribution is -0.122. The molecular weight excluding hydrogens is 585 g/mol. The van der Waals surface area contributed by atoms with Gasteiger partial charge in [0, 0.05) is 0 Å². The largest absolute Gasteiger partial charge is 0.490 e. The lowest BCUT2D eigenvalue weighted by atomic mass is 10.0. The van der Waals surface area contributed by atoms with E-state index in [1.165, 1.54) is 30.3 Å². The highest BCUT2D eigenvalue weighted by Gasteiger charge is 2.37. The summed E-state index contributed by atoms with van der Waals surface area (Å²) in [5, 5.41) is 4.64. The van der Waals surface area contributed by atoms with Gasteiger partial charge in [-0.05, 0) is 95.9 Å². The van der Waals surface area contributed by atoms with Gasteiger partial charge >= 0.3 is 6.03 Å². The standard InChI is InChI=1S/C29H25BrFN3O6/c1-4-39-24-14-18(13-21(30)26(24)40-15-25(35)32-23-8-6-5-7-22(23)31)12-20-27(36)33-29(38)34(28(20)37)19-10-9-16(2)17(3)11-19/h5-14H,4,15H2,1-3H3,(H,32,35)(H,33,36,38)/b20-12-. The van der Waals surface area contributed by atoms with Gasteiger partial charge in [0.05, 0.1) is 22.5 Å². The van der Waals surface area contributed by atoms with Crippen molar-refractivity contribution in [3.05, 3.63) is 87.2 Å². The van der Waals surface area contributed by atoms with Crippen molar-refractivity contribution in [1.82, 2.24) is 5.32 Å². The third kappa shape index (κ3) is 6.20. The molecule has 0 radical (unpaired) electrons. The highest BCUT2D eigenvalue weighted by molar-refractivity contribution is 9.10. The van der Waals surface area contributed by atoms with Gasteiger partial charge in [-0.1, -0.05) is 18.2 Å². The quantitative estimate of drug-likeness (QED) is 0.265. The van der Waals surface area contributed by atoms with E-state index in [2.05, 4.69) is 26.6 Å². The van der Waals surface area contributed by atoms with Gasteiger partial charge in [-0.15, -0.1) is 0 Å². The zero-order valence-corrected chi connectivity index (χ0v) is 23.4. The van der Waals surface area contributed by atoms with E-state index in [4.69, 9.17) is 9.47 Å². The van der Waals surface area contributed by atoms with Crippen molar-refractivity contribution >= 4 is 57.1 Å². The van der Waals surface area contributed by atoms with E-state index in [0.29, 0.717) is 15.7 Å². The average Bonchev–Trinajstić information content (AvgIpc) is 2.89. The molecule has 1 saturated heterocycles. The number of nitrogens with zero attached hydrogens (tertiary/aromatic N) is 1. The smallest absolute Gasteiger partial charge is 0.335 e. The summed E-state index contributed by atoms with van der Waals surface area (Å²) in [5.41, 5.74) is 2.35. The first-order valence-electron chi connectivity index (χ1n) is 12.2. The maximum Gasteiger partial charge on any atom is 0.335 e. The van der Waals surface area contributed by atoms with Gasteiger partial charge in [0.2, 0.25) is 0 Å². The molecule has 0 aromatic heterocycles. The fourth-order valence-corrected chi connectivity index (χ4v) is 4.46. The summed E-state index contributed by atoms with van der Waals surface area (Å²) in [4.78, 5) is 51.8. The van der Waals surface area contributed by atoms with Crippen LogP contribution < -0.4 is 25.0 Å². The molecule has 1 aliphatic heterocycles. The Morgan fingerprint density at radius 1 is 1.05 bits per heavy atom. The Labute approximate surface area is 238 Å². The molecule has 0 atom stereocenters. The SMILES string of the molecule is CCOc1cc(/C=C2/C(=O)NC(=O)N(c3ccc(C)c(C)c3)C2=O)cc(Br)c1OCC(=O)Nc1ccccc1F. The minimum atomic E-state index is -0.844. The Morgan fingerprint density at radius 3 is 2.50 bits per heavy atom. The normalized spacial score (nSPS) is 14.3. The van der Waals surface area contributed by atoms with Crippen LogP contribution in [0.15, 0.2) is 64.6 Å². The molecule has 0 bridgehead atoms. The number of imide groups is 2. The molecule has 5 amide bonds. The Bertz CT molecular complexity index is 1550. The molecule has 1 heterocycles. The van der Waals surface area contributed by atoms with Crippen LogP contribution in [-0.2, 0) is 14.4 Å². The third-order valence-electron chi connectivity index (χ3n) is 5.99. The number of para-hydroxylation sites is 1. The summed E-state index contributed by atoms with van der Waals surface area (Å²) in [5.74, 6) is -2.37. The molecule has 0 saturated carbocycles. The highest BCUT2D eigenvalue weighted by atomic mass is 79.9. The number of nitrogens with one attached hydrogen (secondary N) is 2. The molecule has 9 nitrogen and oxygen atoms in total. The maximum absolute atomic E-state index is 13.8. The first-order chi connectivity index (χ1) is 19.1. The molecule has 1 aliphatic rings. The van der Waals surface area contributed by atoms with Gasteiger partial charge in [-0.2, -0.15) is 0 Å². The zero-order valence-electron chi connectivity index (χ0n) is 21.8. The molecule has 3 aromatic carbocycles. The Balaban J connectivity index is 1.59. The van der Waals surface area contributed by atoms with E-state index in [0.717, 1.165) is 16.0 Å². The Morgan fingerprint density at radius 2 is 1.80 bits per heavy atom. The average molecular weight is 610 g/mol. The van der Waals surface area contributed by atoms with Crippen molar-refractivity contribution < 1.29 is 33.0 Å². The summed E-state index contributed by atoms with van der Waals surface area (Å²) < 4.78 is 25.6. The highest BCUT2D eigenvalue weighted by Crippen LogP contribution is 2.38. The molecule has 1 fully saturated rings. The number of carbonyl (C=O) groups excluding carboxylic acids is 4. The second kappa shape index (κ2) is 12.1. The van der Waals surface area contributed by atoms with Crippen LogP contribution in [0.25, 0.3) is 6.08 Å². The summed E-state index contributed by atoms with van der Waals surface area (Å²) in [6, 6.07) is 13.1.